The Morgan fingerprint density at radius 1 is 1.26 bits per heavy atom. The first-order valence-electron chi connectivity index (χ1n) is 5.25. The molecular formula is C12H11BrN2O3S. The zero-order chi connectivity index (χ0) is 14.0. The van der Waals surface area contributed by atoms with Crippen LogP contribution in [0.15, 0.2) is 45.9 Å². The number of halogens is 1. The lowest BCUT2D eigenvalue weighted by molar-refractivity contribution is 0.459. The van der Waals surface area contributed by atoms with Crippen LogP contribution in [0.2, 0.25) is 0 Å². The van der Waals surface area contributed by atoms with E-state index in [1.165, 1.54) is 18.3 Å². The molecule has 1 aromatic heterocycles. The van der Waals surface area contributed by atoms with Crippen LogP contribution in [0.5, 0.6) is 11.6 Å². The molecule has 0 atom stereocenters. The molecular weight excluding hydrogens is 332 g/mol. The monoisotopic (exact) mass is 342 g/mol. The fourth-order valence-corrected chi connectivity index (χ4v) is 2.46. The first-order valence-corrected chi connectivity index (χ1v) is 7.94. The van der Waals surface area contributed by atoms with E-state index in [-0.39, 0.29) is 4.90 Å². The summed E-state index contributed by atoms with van der Waals surface area (Å²) in [5.74, 6) is 0.853. The van der Waals surface area contributed by atoms with E-state index in [1.54, 1.807) is 18.2 Å². The van der Waals surface area contributed by atoms with Crippen molar-refractivity contribution in [2.45, 2.75) is 4.90 Å². The Labute approximate surface area is 119 Å². The number of anilines is 1. The number of benzene rings is 1. The lowest BCUT2D eigenvalue weighted by atomic mass is 10.3. The van der Waals surface area contributed by atoms with Gasteiger partial charge in [0, 0.05) is 6.26 Å². The molecule has 0 saturated carbocycles. The normalized spacial score (nSPS) is 11.3. The number of hydrogen-bond acceptors (Lipinski definition) is 5. The van der Waals surface area contributed by atoms with Crippen molar-refractivity contribution in [2.75, 3.05) is 12.0 Å². The highest BCUT2D eigenvalue weighted by Gasteiger charge is 2.08. The van der Waals surface area contributed by atoms with E-state index in [0.29, 0.717) is 21.8 Å². The van der Waals surface area contributed by atoms with Crippen molar-refractivity contribution in [3.8, 4) is 11.6 Å². The van der Waals surface area contributed by atoms with Gasteiger partial charge in [-0.2, -0.15) is 0 Å². The molecule has 0 aliphatic heterocycles. The molecule has 0 spiro atoms. The lowest BCUT2D eigenvalue weighted by Crippen LogP contribution is -1.97. The minimum Gasteiger partial charge on any atom is -0.438 e. The third-order valence-electron chi connectivity index (χ3n) is 2.29. The van der Waals surface area contributed by atoms with Gasteiger partial charge in [0.15, 0.2) is 9.84 Å². The van der Waals surface area contributed by atoms with E-state index in [1.807, 2.05) is 0 Å². The zero-order valence-electron chi connectivity index (χ0n) is 10.00. The number of rotatable bonds is 3. The molecule has 0 aliphatic rings. The summed E-state index contributed by atoms with van der Waals surface area (Å²) in [7, 11) is -3.20. The van der Waals surface area contributed by atoms with Crippen molar-refractivity contribution in [1.82, 2.24) is 4.98 Å². The van der Waals surface area contributed by atoms with E-state index >= 15 is 0 Å². The van der Waals surface area contributed by atoms with Gasteiger partial charge in [-0.15, -0.1) is 0 Å². The maximum atomic E-state index is 11.3. The van der Waals surface area contributed by atoms with Gasteiger partial charge >= 0.3 is 0 Å². The number of sulfone groups is 1. The van der Waals surface area contributed by atoms with Crippen LogP contribution in [0.25, 0.3) is 0 Å². The lowest BCUT2D eigenvalue weighted by Gasteiger charge is -2.07. The van der Waals surface area contributed by atoms with Crippen LogP contribution in [0.4, 0.5) is 5.69 Å². The topological polar surface area (TPSA) is 82.3 Å². The van der Waals surface area contributed by atoms with Crippen molar-refractivity contribution < 1.29 is 13.2 Å². The summed E-state index contributed by atoms with van der Waals surface area (Å²) >= 11 is 3.29. The Balaban J connectivity index is 2.25. The molecule has 0 amide bonds. The predicted octanol–water partition coefficient (Wildman–Crippen LogP) is 2.62. The summed E-state index contributed by atoms with van der Waals surface area (Å²) in [5, 5.41) is 0. The summed E-state index contributed by atoms with van der Waals surface area (Å²) in [4.78, 5) is 4.27. The predicted molar refractivity (Wildman–Crippen MR) is 76.0 cm³/mol. The molecule has 1 aromatic carbocycles. The molecule has 2 aromatic rings. The Morgan fingerprint density at radius 2 is 1.89 bits per heavy atom. The van der Waals surface area contributed by atoms with E-state index in [4.69, 9.17) is 10.5 Å². The SMILES string of the molecule is CS(=O)(=O)c1ccc(Oc2ncc(N)cc2Br)cc1. The van der Waals surface area contributed by atoms with Crippen LogP contribution in [-0.4, -0.2) is 19.7 Å². The van der Waals surface area contributed by atoms with Gasteiger partial charge in [-0.3, -0.25) is 0 Å². The van der Waals surface area contributed by atoms with Gasteiger partial charge in [0.2, 0.25) is 5.88 Å². The van der Waals surface area contributed by atoms with Crippen molar-refractivity contribution in [2.24, 2.45) is 0 Å². The van der Waals surface area contributed by atoms with Gasteiger partial charge in [0.05, 0.1) is 21.3 Å². The molecule has 7 heteroatoms. The van der Waals surface area contributed by atoms with E-state index < -0.39 is 9.84 Å². The van der Waals surface area contributed by atoms with Crippen molar-refractivity contribution in [3.05, 3.63) is 41.0 Å². The van der Waals surface area contributed by atoms with Crippen LogP contribution in [0.3, 0.4) is 0 Å². The smallest absolute Gasteiger partial charge is 0.233 e. The molecule has 2 rings (SSSR count). The second kappa shape index (κ2) is 5.18. The number of pyridine rings is 1. The summed E-state index contributed by atoms with van der Waals surface area (Å²) in [6, 6.07) is 7.78. The summed E-state index contributed by atoms with van der Waals surface area (Å²) in [5.41, 5.74) is 6.09. The first-order chi connectivity index (χ1) is 8.86. The molecule has 0 radical (unpaired) electrons. The first kappa shape index (κ1) is 13.8. The fourth-order valence-electron chi connectivity index (χ4n) is 1.38. The summed E-state index contributed by atoms with van der Waals surface area (Å²) < 4.78 is 28.8. The van der Waals surface area contributed by atoms with Crippen LogP contribution in [0, 0.1) is 0 Å². The van der Waals surface area contributed by atoms with Gasteiger partial charge in [-0.1, -0.05) is 0 Å². The minimum atomic E-state index is -3.20. The average molecular weight is 343 g/mol. The number of ether oxygens (including phenoxy) is 1. The van der Waals surface area contributed by atoms with E-state index in [2.05, 4.69) is 20.9 Å². The third kappa shape index (κ3) is 3.45. The number of hydrogen-bond donors (Lipinski definition) is 1. The number of aromatic nitrogens is 1. The van der Waals surface area contributed by atoms with E-state index in [0.717, 1.165) is 6.26 Å². The minimum absolute atomic E-state index is 0.240. The van der Waals surface area contributed by atoms with Crippen LogP contribution >= 0.6 is 15.9 Å². The molecule has 0 aliphatic carbocycles. The van der Waals surface area contributed by atoms with Gasteiger partial charge in [-0.05, 0) is 46.3 Å². The largest absolute Gasteiger partial charge is 0.438 e. The van der Waals surface area contributed by atoms with Crippen LogP contribution in [0.1, 0.15) is 0 Å². The van der Waals surface area contributed by atoms with E-state index in [9.17, 15) is 8.42 Å². The number of nitrogens with two attached hydrogens (primary N) is 1. The highest BCUT2D eigenvalue weighted by molar-refractivity contribution is 9.10. The number of nitrogens with zero attached hydrogens (tertiary/aromatic N) is 1. The van der Waals surface area contributed by atoms with Crippen LogP contribution in [-0.2, 0) is 9.84 Å². The Hall–Kier alpha value is -1.60. The summed E-state index contributed by atoms with van der Waals surface area (Å²) in [6.45, 7) is 0. The van der Waals surface area contributed by atoms with Crippen molar-refractivity contribution in [1.29, 1.82) is 0 Å². The molecule has 2 N–H and O–H groups in total. The van der Waals surface area contributed by atoms with Gasteiger partial charge in [0.1, 0.15) is 5.75 Å². The summed E-state index contributed by atoms with van der Waals surface area (Å²) in [6.07, 6.45) is 2.63. The molecule has 100 valence electrons. The fraction of sp³-hybridized carbons (Fsp3) is 0.0833. The van der Waals surface area contributed by atoms with Gasteiger partial charge in [0.25, 0.3) is 0 Å². The molecule has 5 nitrogen and oxygen atoms in total. The maximum Gasteiger partial charge on any atom is 0.233 e. The number of nitrogen functional groups attached to an aromatic ring is 1. The van der Waals surface area contributed by atoms with Gasteiger partial charge in [-0.25, -0.2) is 13.4 Å². The molecule has 0 saturated heterocycles. The highest BCUT2D eigenvalue weighted by atomic mass is 79.9. The molecule has 0 bridgehead atoms. The van der Waals surface area contributed by atoms with Gasteiger partial charge < -0.3 is 10.5 Å². The second-order valence-electron chi connectivity index (χ2n) is 3.90. The molecule has 1 heterocycles. The Kier molecular flexibility index (Phi) is 3.77. The molecule has 19 heavy (non-hydrogen) atoms. The standard InChI is InChI=1S/C12H11BrN2O3S/c1-19(16,17)10-4-2-9(3-5-10)18-12-11(13)6-8(14)7-15-12/h2-7H,14H2,1H3. The highest BCUT2D eigenvalue weighted by Crippen LogP contribution is 2.29. The van der Waals surface area contributed by atoms with Crippen molar-refractivity contribution in [3.63, 3.8) is 0 Å². The van der Waals surface area contributed by atoms with Crippen LogP contribution < -0.4 is 10.5 Å². The quantitative estimate of drug-likeness (QED) is 0.926. The third-order valence-corrected chi connectivity index (χ3v) is 3.99. The second-order valence-corrected chi connectivity index (χ2v) is 6.77. The maximum absolute atomic E-state index is 11.3. The van der Waals surface area contributed by atoms with Crippen molar-refractivity contribution >= 4 is 31.5 Å². The average Bonchev–Trinajstić information content (AvgIpc) is 2.32. The Bertz CT molecular complexity index is 699. The molecule has 0 fully saturated rings. The Morgan fingerprint density at radius 3 is 2.42 bits per heavy atom. The zero-order valence-corrected chi connectivity index (χ0v) is 12.4. The molecule has 0 unspecified atom stereocenters.